The van der Waals surface area contributed by atoms with Gasteiger partial charge in [0.15, 0.2) is 0 Å². The molecule has 0 atom stereocenters. The normalized spacial score (nSPS) is 14.4. The summed E-state index contributed by atoms with van der Waals surface area (Å²) in [7, 11) is 0. The molecule has 3 heteroatoms. The molecular weight excluding hydrogens is 300 g/mol. The SMILES string of the molecule is CCN(c1cc(Br)ccn1)C1Cc2ccccc2C1. The lowest BCUT2D eigenvalue weighted by Gasteiger charge is -2.28. The Morgan fingerprint density at radius 2 is 1.89 bits per heavy atom. The highest BCUT2D eigenvalue weighted by Crippen LogP contribution is 2.28. The van der Waals surface area contributed by atoms with Crippen LogP contribution in [-0.2, 0) is 12.8 Å². The van der Waals surface area contributed by atoms with Crippen LogP contribution in [0.1, 0.15) is 18.1 Å². The average molecular weight is 317 g/mol. The lowest BCUT2D eigenvalue weighted by molar-refractivity contribution is 0.624. The number of nitrogens with zero attached hydrogens (tertiary/aromatic N) is 2. The lowest BCUT2D eigenvalue weighted by Crippen LogP contribution is -2.36. The molecule has 1 aliphatic rings. The van der Waals surface area contributed by atoms with Gasteiger partial charge in [-0.3, -0.25) is 0 Å². The fourth-order valence-electron chi connectivity index (χ4n) is 2.91. The van der Waals surface area contributed by atoms with Crippen molar-refractivity contribution >= 4 is 21.7 Å². The van der Waals surface area contributed by atoms with E-state index in [2.05, 4.69) is 63.1 Å². The van der Waals surface area contributed by atoms with Gasteiger partial charge in [0, 0.05) is 23.3 Å². The molecule has 0 radical (unpaired) electrons. The summed E-state index contributed by atoms with van der Waals surface area (Å²) in [6, 6.07) is 13.4. The fourth-order valence-corrected chi connectivity index (χ4v) is 3.24. The predicted molar refractivity (Wildman–Crippen MR) is 82.6 cm³/mol. The summed E-state index contributed by atoms with van der Waals surface area (Å²) >= 11 is 3.53. The summed E-state index contributed by atoms with van der Waals surface area (Å²) < 4.78 is 1.09. The van der Waals surface area contributed by atoms with E-state index < -0.39 is 0 Å². The second-order valence-corrected chi connectivity index (χ2v) is 5.86. The number of anilines is 1. The molecule has 1 aromatic carbocycles. The Morgan fingerprint density at radius 1 is 1.21 bits per heavy atom. The molecule has 0 fully saturated rings. The van der Waals surface area contributed by atoms with Gasteiger partial charge in [-0.2, -0.15) is 0 Å². The average Bonchev–Trinajstić information content (AvgIpc) is 2.83. The Bertz CT molecular complexity index is 557. The third-order valence-electron chi connectivity index (χ3n) is 3.81. The van der Waals surface area contributed by atoms with E-state index in [4.69, 9.17) is 0 Å². The summed E-state index contributed by atoms with van der Waals surface area (Å²) in [5.41, 5.74) is 2.97. The van der Waals surface area contributed by atoms with Crippen LogP contribution in [0.15, 0.2) is 47.1 Å². The molecule has 1 aromatic heterocycles. The van der Waals surface area contributed by atoms with Crippen molar-refractivity contribution in [1.29, 1.82) is 0 Å². The van der Waals surface area contributed by atoms with Gasteiger partial charge < -0.3 is 4.90 Å². The minimum atomic E-state index is 0.532. The molecule has 0 unspecified atom stereocenters. The molecule has 1 aliphatic carbocycles. The molecule has 0 spiro atoms. The van der Waals surface area contributed by atoms with E-state index >= 15 is 0 Å². The molecule has 19 heavy (non-hydrogen) atoms. The maximum atomic E-state index is 4.51. The monoisotopic (exact) mass is 316 g/mol. The van der Waals surface area contributed by atoms with Crippen LogP contribution in [0.5, 0.6) is 0 Å². The molecule has 2 nitrogen and oxygen atoms in total. The quantitative estimate of drug-likeness (QED) is 0.855. The minimum Gasteiger partial charge on any atom is -0.353 e. The van der Waals surface area contributed by atoms with Crippen LogP contribution in [0.25, 0.3) is 0 Å². The standard InChI is InChI=1S/C16H17BrN2/c1-2-19(16-11-14(17)7-8-18-16)15-9-12-5-3-4-6-13(12)10-15/h3-8,11,15H,2,9-10H2,1H3. The first-order valence-corrected chi connectivity index (χ1v) is 7.52. The van der Waals surface area contributed by atoms with Gasteiger partial charge in [-0.15, -0.1) is 0 Å². The number of likely N-dealkylation sites (N-methyl/N-ethyl adjacent to an activating group) is 1. The van der Waals surface area contributed by atoms with Crippen molar-refractivity contribution in [2.24, 2.45) is 0 Å². The van der Waals surface area contributed by atoms with Crippen molar-refractivity contribution in [3.63, 3.8) is 0 Å². The largest absolute Gasteiger partial charge is 0.353 e. The first-order valence-electron chi connectivity index (χ1n) is 6.73. The van der Waals surface area contributed by atoms with Gasteiger partial charge in [0.05, 0.1) is 0 Å². The molecule has 0 bridgehead atoms. The Labute approximate surface area is 122 Å². The van der Waals surface area contributed by atoms with Gasteiger partial charge in [0.2, 0.25) is 0 Å². The van der Waals surface area contributed by atoms with E-state index in [0.717, 1.165) is 29.7 Å². The number of hydrogen-bond donors (Lipinski definition) is 0. The first-order chi connectivity index (χ1) is 9.28. The summed E-state index contributed by atoms with van der Waals surface area (Å²) in [5.74, 6) is 1.06. The number of fused-ring (bicyclic) bond motifs is 1. The Hall–Kier alpha value is -1.35. The smallest absolute Gasteiger partial charge is 0.129 e. The highest BCUT2D eigenvalue weighted by molar-refractivity contribution is 9.10. The molecule has 0 amide bonds. The fraction of sp³-hybridized carbons (Fsp3) is 0.312. The van der Waals surface area contributed by atoms with Crippen molar-refractivity contribution in [3.8, 4) is 0 Å². The third-order valence-corrected chi connectivity index (χ3v) is 4.31. The molecule has 3 rings (SSSR count). The van der Waals surface area contributed by atoms with E-state index in [-0.39, 0.29) is 0 Å². The van der Waals surface area contributed by atoms with Crippen molar-refractivity contribution < 1.29 is 0 Å². The van der Waals surface area contributed by atoms with Crippen LogP contribution >= 0.6 is 15.9 Å². The van der Waals surface area contributed by atoms with E-state index in [1.54, 1.807) is 0 Å². The maximum Gasteiger partial charge on any atom is 0.129 e. The molecule has 0 saturated carbocycles. The van der Waals surface area contributed by atoms with Crippen LogP contribution in [0, 0.1) is 0 Å². The zero-order valence-electron chi connectivity index (χ0n) is 11.0. The molecule has 0 N–H and O–H groups in total. The summed E-state index contributed by atoms with van der Waals surface area (Å²) in [6.45, 7) is 3.19. The van der Waals surface area contributed by atoms with Crippen LogP contribution < -0.4 is 4.90 Å². The molecular formula is C16H17BrN2. The van der Waals surface area contributed by atoms with Crippen LogP contribution in [0.3, 0.4) is 0 Å². The number of rotatable bonds is 3. The van der Waals surface area contributed by atoms with Crippen LogP contribution in [-0.4, -0.2) is 17.6 Å². The Morgan fingerprint density at radius 3 is 2.47 bits per heavy atom. The number of hydrogen-bond acceptors (Lipinski definition) is 2. The number of pyridine rings is 1. The van der Waals surface area contributed by atoms with Crippen LogP contribution in [0.4, 0.5) is 5.82 Å². The van der Waals surface area contributed by atoms with Gasteiger partial charge in [-0.25, -0.2) is 4.98 Å². The molecule has 98 valence electrons. The van der Waals surface area contributed by atoms with Crippen molar-refractivity contribution in [1.82, 2.24) is 4.98 Å². The topological polar surface area (TPSA) is 16.1 Å². The van der Waals surface area contributed by atoms with Gasteiger partial charge >= 0.3 is 0 Å². The molecule has 1 heterocycles. The van der Waals surface area contributed by atoms with Gasteiger partial charge in [0.25, 0.3) is 0 Å². The van der Waals surface area contributed by atoms with E-state index in [0.29, 0.717) is 6.04 Å². The summed E-state index contributed by atoms with van der Waals surface area (Å²) in [6.07, 6.45) is 4.11. The van der Waals surface area contributed by atoms with E-state index in [9.17, 15) is 0 Å². The van der Waals surface area contributed by atoms with Gasteiger partial charge in [0.1, 0.15) is 5.82 Å². The minimum absolute atomic E-state index is 0.532. The number of aromatic nitrogens is 1. The Kier molecular flexibility index (Phi) is 3.56. The number of benzene rings is 1. The first kappa shape index (κ1) is 12.7. The third kappa shape index (κ3) is 2.52. The van der Waals surface area contributed by atoms with E-state index in [1.165, 1.54) is 11.1 Å². The zero-order valence-corrected chi connectivity index (χ0v) is 12.6. The second-order valence-electron chi connectivity index (χ2n) is 4.95. The highest BCUT2D eigenvalue weighted by Gasteiger charge is 2.26. The lowest BCUT2D eigenvalue weighted by atomic mass is 10.1. The summed E-state index contributed by atoms with van der Waals surface area (Å²) in [5, 5.41) is 0. The van der Waals surface area contributed by atoms with Crippen molar-refractivity contribution in [2.75, 3.05) is 11.4 Å². The van der Waals surface area contributed by atoms with E-state index in [1.807, 2.05) is 12.3 Å². The van der Waals surface area contributed by atoms with Crippen molar-refractivity contribution in [3.05, 3.63) is 58.2 Å². The molecule has 0 saturated heterocycles. The zero-order chi connectivity index (χ0) is 13.2. The van der Waals surface area contributed by atoms with Crippen molar-refractivity contribution in [2.45, 2.75) is 25.8 Å². The van der Waals surface area contributed by atoms with Crippen LogP contribution in [0.2, 0.25) is 0 Å². The predicted octanol–water partition coefficient (Wildman–Crippen LogP) is 3.84. The highest BCUT2D eigenvalue weighted by atomic mass is 79.9. The Balaban J connectivity index is 1.86. The molecule has 2 aromatic rings. The summed E-state index contributed by atoms with van der Waals surface area (Å²) in [4.78, 5) is 6.92. The maximum absolute atomic E-state index is 4.51. The number of halogens is 1. The van der Waals surface area contributed by atoms with Gasteiger partial charge in [-0.05, 0) is 43.0 Å². The second kappa shape index (κ2) is 5.33. The van der Waals surface area contributed by atoms with Gasteiger partial charge in [-0.1, -0.05) is 40.2 Å². The molecule has 0 aliphatic heterocycles.